The lowest BCUT2D eigenvalue weighted by Crippen LogP contribution is -2.64. The van der Waals surface area contributed by atoms with Crippen molar-refractivity contribution in [3.8, 4) is 0 Å². The molecule has 3 aliphatic rings. The van der Waals surface area contributed by atoms with Gasteiger partial charge >= 0.3 is 0 Å². The van der Waals surface area contributed by atoms with Crippen LogP contribution in [-0.4, -0.2) is 46.6 Å². The lowest BCUT2D eigenvalue weighted by molar-refractivity contribution is -0.238. The molecule has 0 aromatic rings. The van der Waals surface area contributed by atoms with E-state index in [2.05, 4.69) is 32.0 Å². The average molecular weight is 372 g/mol. The Bertz CT molecular complexity index is 448. The number of piperidine rings is 1. The topological polar surface area (TPSA) is 30.9 Å². The predicted octanol–water partition coefficient (Wildman–Crippen LogP) is 4.73. The third-order valence-electron chi connectivity index (χ3n) is 6.62. The fourth-order valence-electron chi connectivity index (χ4n) is 5.17. The Balaban J connectivity index is 1.63. The molecule has 2 atom stereocenters. The quantitative estimate of drug-likeness (QED) is 0.708. The average Bonchev–Trinajstić information content (AvgIpc) is 2.99. The van der Waals surface area contributed by atoms with Gasteiger partial charge in [-0.1, -0.05) is 45.9 Å². The highest BCUT2D eigenvalue weighted by Crippen LogP contribution is 2.51. The van der Waals surface area contributed by atoms with Crippen molar-refractivity contribution in [3.05, 3.63) is 0 Å². The minimum absolute atomic E-state index is 0.0178. The third-order valence-corrected chi connectivity index (χ3v) is 7.59. The van der Waals surface area contributed by atoms with Gasteiger partial charge in [0.05, 0.1) is 19.3 Å². The molecule has 1 saturated carbocycles. The van der Waals surface area contributed by atoms with Gasteiger partial charge in [0.2, 0.25) is 0 Å². The first-order valence-electron chi connectivity index (χ1n) is 10.3. The Hall–Kier alpha value is 0.190. The van der Waals surface area contributed by atoms with E-state index in [4.69, 9.17) is 27.0 Å². The molecule has 3 fully saturated rings. The molecule has 0 aromatic carbocycles. The Morgan fingerprint density at radius 1 is 1.08 bits per heavy atom. The molecular weight excluding hydrogens is 334 g/mol. The lowest BCUT2D eigenvalue weighted by atomic mass is 9.74. The first-order chi connectivity index (χ1) is 11.8. The van der Waals surface area contributed by atoms with Crippen molar-refractivity contribution in [2.24, 2.45) is 0 Å². The monoisotopic (exact) mass is 371 g/mol. The van der Waals surface area contributed by atoms with Gasteiger partial charge in [-0.15, -0.1) is 0 Å². The van der Waals surface area contributed by atoms with Crippen LogP contribution in [0.4, 0.5) is 0 Å². The van der Waals surface area contributed by atoms with Gasteiger partial charge in [-0.25, -0.2) is 4.31 Å². The zero-order valence-electron chi connectivity index (χ0n) is 16.6. The van der Waals surface area contributed by atoms with Gasteiger partial charge in [-0.3, -0.25) is 0 Å². The van der Waals surface area contributed by atoms with Gasteiger partial charge in [-0.05, 0) is 39.5 Å². The molecule has 2 aliphatic heterocycles. The van der Waals surface area contributed by atoms with Crippen molar-refractivity contribution >= 4 is 12.8 Å². The summed E-state index contributed by atoms with van der Waals surface area (Å²) < 4.78 is 21.2. The van der Waals surface area contributed by atoms with Gasteiger partial charge in [-0.2, -0.15) is 0 Å². The van der Waals surface area contributed by atoms with Crippen LogP contribution < -0.4 is 0 Å². The van der Waals surface area contributed by atoms with Crippen LogP contribution in [0.5, 0.6) is 0 Å². The van der Waals surface area contributed by atoms with Crippen molar-refractivity contribution in [1.82, 2.24) is 4.31 Å². The van der Waals surface area contributed by atoms with Gasteiger partial charge in [0.25, 0.3) is 0 Å². The maximum absolute atomic E-state index is 6.52. The second-order valence-electron chi connectivity index (χ2n) is 8.96. The number of hydrogen-bond acceptors (Lipinski definition) is 5. The normalized spacial score (nSPS) is 36.1. The molecular formula is C20H37NO3S. The fourth-order valence-corrected chi connectivity index (χ4v) is 5.60. The van der Waals surface area contributed by atoms with Crippen molar-refractivity contribution in [1.29, 1.82) is 0 Å². The molecule has 4 nitrogen and oxygen atoms in total. The maximum Gasteiger partial charge on any atom is 0.172 e. The largest absolute Gasteiger partial charge is 0.375 e. The Kier molecular flexibility index (Phi) is 6.11. The number of hydrogen-bond donors (Lipinski definition) is 1. The summed E-state index contributed by atoms with van der Waals surface area (Å²) in [7, 11) is 0. The second kappa shape index (κ2) is 7.67. The number of rotatable bonds is 5. The van der Waals surface area contributed by atoms with Crippen LogP contribution in [0.2, 0.25) is 0 Å². The van der Waals surface area contributed by atoms with Gasteiger partial charge in [0.1, 0.15) is 6.10 Å². The Morgan fingerprint density at radius 3 is 2.40 bits per heavy atom. The molecule has 0 bridgehead atoms. The minimum Gasteiger partial charge on any atom is -0.375 e. The van der Waals surface area contributed by atoms with E-state index >= 15 is 0 Å². The fraction of sp³-hybridized carbons (Fsp3) is 1.00. The molecule has 2 heterocycles. The maximum atomic E-state index is 6.52. The molecule has 0 radical (unpaired) electrons. The Labute approximate surface area is 159 Å². The molecule has 146 valence electrons. The standard InChI is InChI=1S/C20H37NO3S/c1-5-19(6-2)15-20(14-18(3,4)21(19)25)23-13-17(24-20)12-22-16-10-8-7-9-11-16/h16-17,25H,5-15H2,1-4H3. The van der Waals surface area contributed by atoms with Gasteiger partial charge < -0.3 is 14.2 Å². The van der Waals surface area contributed by atoms with Crippen LogP contribution >= 0.6 is 12.8 Å². The summed E-state index contributed by atoms with van der Waals surface area (Å²) in [4.78, 5) is 0. The van der Waals surface area contributed by atoms with E-state index in [9.17, 15) is 0 Å². The number of thiol groups is 1. The molecule has 1 aliphatic carbocycles. The second-order valence-corrected chi connectivity index (χ2v) is 9.36. The highest BCUT2D eigenvalue weighted by molar-refractivity contribution is 7.77. The Morgan fingerprint density at radius 2 is 1.76 bits per heavy atom. The summed E-state index contributed by atoms with van der Waals surface area (Å²) in [6.45, 7) is 10.3. The van der Waals surface area contributed by atoms with E-state index in [-0.39, 0.29) is 17.2 Å². The van der Waals surface area contributed by atoms with Crippen LogP contribution in [0.25, 0.3) is 0 Å². The van der Waals surface area contributed by atoms with E-state index in [1.54, 1.807) is 0 Å². The number of ether oxygens (including phenoxy) is 3. The van der Waals surface area contributed by atoms with E-state index in [1.165, 1.54) is 32.1 Å². The van der Waals surface area contributed by atoms with Crippen LogP contribution in [0, 0.1) is 0 Å². The molecule has 2 unspecified atom stereocenters. The van der Waals surface area contributed by atoms with Crippen molar-refractivity contribution in [2.45, 2.75) is 115 Å². The summed E-state index contributed by atoms with van der Waals surface area (Å²) in [6.07, 6.45) is 10.7. The van der Waals surface area contributed by atoms with Gasteiger partial charge in [0.15, 0.2) is 5.79 Å². The summed E-state index contributed by atoms with van der Waals surface area (Å²) in [6, 6.07) is 0. The molecule has 0 amide bonds. The van der Waals surface area contributed by atoms with E-state index in [0.717, 1.165) is 25.7 Å². The summed E-state index contributed by atoms with van der Waals surface area (Å²) in [5.41, 5.74) is -0.0452. The van der Waals surface area contributed by atoms with E-state index < -0.39 is 5.79 Å². The van der Waals surface area contributed by atoms with Crippen LogP contribution in [0.3, 0.4) is 0 Å². The van der Waals surface area contributed by atoms with E-state index in [1.807, 2.05) is 0 Å². The molecule has 5 heteroatoms. The minimum atomic E-state index is -0.477. The van der Waals surface area contributed by atoms with Crippen LogP contribution in [0.15, 0.2) is 0 Å². The first-order valence-corrected chi connectivity index (χ1v) is 10.7. The SMILES string of the molecule is CCC1(CC)CC2(CC(C)(C)N1S)OCC(COC1CCCCC1)O2. The van der Waals surface area contributed by atoms with Crippen LogP contribution in [-0.2, 0) is 14.2 Å². The molecule has 0 aromatic heterocycles. The predicted molar refractivity (Wildman–Crippen MR) is 104 cm³/mol. The molecule has 2 saturated heterocycles. The molecule has 25 heavy (non-hydrogen) atoms. The van der Waals surface area contributed by atoms with Gasteiger partial charge in [0, 0.05) is 23.9 Å². The van der Waals surface area contributed by atoms with Crippen molar-refractivity contribution < 1.29 is 14.2 Å². The van der Waals surface area contributed by atoms with E-state index in [0.29, 0.717) is 19.3 Å². The molecule has 1 spiro atoms. The summed E-state index contributed by atoms with van der Waals surface area (Å²) in [5.74, 6) is -0.477. The van der Waals surface area contributed by atoms with Crippen molar-refractivity contribution in [3.63, 3.8) is 0 Å². The first kappa shape index (κ1) is 19.9. The summed E-state index contributed by atoms with van der Waals surface area (Å²) >= 11 is 4.89. The summed E-state index contributed by atoms with van der Waals surface area (Å²) in [5, 5.41) is 0. The van der Waals surface area contributed by atoms with Crippen molar-refractivity contribution in [2.75, 3.05) is 13.2 Å². The highest BCUT2D eigenvalue weighted by atomic mass is 32.1. The smallest absolute Gasteiger partial charge is 0.172 e. The zero-order chi connectivity index (χ0) is 18.1. The molecule has 0 N–H and O–H groups in total. The zero-order valence-corrected chi connectivity index (χ0v) is 17.4. The highest BCUT2D eigenvalue weighted by Gasteiger charge is 2.58. The molecule has 3 rings (SSSR count). The third kappa shape index (κ3) is 4.06. The lowest BCUT2D eigenvalue weighted by Gasteiger charge is -2.57. The van der Waals surface area contributed by atoms with Crippen LogP contribution in [0.1, 0.15) is 85.5 Å². The number of nitrogens with zero attached hydrogens (tertiary/aromatic N) is 1.